The molecular formula is C25H30N2O3. The fourth-order valence-electron chi connectivity index (χ4n) is 3.79. The Hall–Kier alpha value is -2.92. The topological polar surface area (TPSA) is 62.6 Å². The van der Waals surface area contributed by atoms with Crippen LogP contribution in [0.3, 0.4) is 0 Å². The minimum Gasteiger partial charge on any atom is -0.455 e. The van der Waals surface area contributed by atoms with Crippen LogP contribution >= 0.6 is 0 Å². The summed E-state index contributed by atoms with van der Waals surface area (Å²) >= 11 is 0. The summed E-state index contributed by atoms with van der Waals surface area (Å²) < 4.78 is 6.24. The van der Waals surface area contributed by atoms with E-state index in [-0.39, 0.29) is 17.4 Å². The van der Waals surface area contributed by atoms with Crippen LogP contribution in [0.1, 0.15) is 43.6 Å². The van der Waals surface area contributed by atoms with Gasteiger partial charge in [-0.1, -0.05) is 57.2 Å². The molecule has 0 aliphatic rings. The standard InChI is InChI=1S/C25H30N2O3/c1-5-19-22(28)20-14-11-15-21(25(29)26-17(4)16-27(6-2)7-3)24(20)30-23(19)18-12-9-8-10-13-18/h8-15,17H,5-7,16H2,1-4H3,(H,26,29). The highest BCUT2D eigenvalue weighted by Gasteiger charge is 2.20. The lowest BCUT2D eigenvalue weighted by molar-refractivity contribution is 0.0931. The molecule has 1 atom stereocenters. The summed E-state index contributed by atoms with van der Waals surface area (Å²) in [6.45, 7) is 10.8. The smallest absolute Gasteiger partial charge is 0.255 e. The summed E-state index contributed by atoms with van der Waals surface area (Å²) in [7, 11) is 0. The average molecular weight is 407 g/mol. The van der Waals surface area contributed by atoms with Crippen molar-refractivity contribution in [1.82, 2.24) is 10.2 Å². The molecule has 0 bridgehead atoms. The molecular weight excluding hydrogens is 376 g/mol. The molecule has 1 N–H and O–H groups in total. The Morgan fingerprint density at radius 2 is 1.73 bits per heavy atom. The molecule has 0 radical (unpaired) electrons. The van der Waals surface area contributed by atoms with Gasteiger partial charge in [-0.3, -0.25) is 9.59 Å². The average Bonchev–Trinajstić information content (AvgIpc) is 2.77. The van der Waals surface area contributed by atoms with Crippen molar-refractivity contribution in [3.05, 3.63) is 69.9 Å². The van der Waals surface area contributed by atoms with Gasteiger partial charge in [-0.25, -0.2) is 0 Å². The van der Waals surface area contributed by atoms with Crippen LogP contribution in [0, 0.1) is 0 Å². The molecule has 0 fully saturated rings. The van der Waals surface area contributed by atoms with E-state index in [1.54, 1.807) is 18.2 Å². The van der Waals surface area contributed by atoms with Gasteiger partial charge < -0.3 is 14.6 Å². The molecule has 0 aliphatic carbocycles. The van der Waals surface area contributed by atoms with Crippen molar-refractivity contribution in [2.24, 2.45) is 0 Å². The molecule has 30 heavy (non-hydrogen) atoms. The highest BCUT2D eigenvalue weighted by molar-refractivity contribution is 6.05. The Bertz CT molecular complexity index is 1070. The summed E-state index contributed by atoms with van der Waals surface area (Å²) in [5.74, 6) is 0.304. The van der Waals surface area contributed by atoms with Gasteiger partial charge in [0.05, 0.1) is 10.9 Å². The SMILES string of the molecule is CCc1c(-c2ccccc2)oc2c(C(=O)NC(C)CN(CC)CC)cccc2c1=O. The molecule has 1 unspecified atom stereocenters. The third-order valence-corrected chi connectivity index (χ3v) is 5.45. The lowest BCUT2D eigenvalue weighted by Crippen LogP contribution is -2.42. The predicted molar refractivity (Wildman–Crippen MR) is 122 cm³/mol. The monoisotopic (exact) mass is 406 g/mol. The number of hydrogen-bond acceptors (Lipinski definition) is 4. The van der Waals surface area contributed by atoms with Gasteiger partial charge in [0.2, 0.25) is 0 Å². The number of rotatable bonds is 8. The maximum atomic E-state index is 13.2. The predicted octanol–water partition coefficient (Wildman–Crippen LogP) is 4.48. The van der Waals surface area contributed by atoms with Crippen LogP contribution in [0.4, 0.5) is 0 Å². The Kier molecular flexibility index (Phi) is 7.06. The molecule has 5 nitrogen and oxygen atoms in total. The van der Waals surface area contributed by atoms with Crippen molar-refractivity contribution in [2.75, 3.05) is 19.6 Å². The summed E-state index contributed by atoms with van der Waals surface area (Å²) in [6, 6.07) is 14.7. The number of carbonyl (C=O) groups is 1. The van der Waals surface area contributed by atoms with Gasteiger partial charge in [-0.15, -0.1) is 0 Å². The van der Waals surface area contributed by atoms with Crippen LogP contribution in [0.25, 0.3) is 22.3 Å². The summed E-state index contributed by atoms with van der Waals surface area (Å²) in [5.41, 5.74) is 2.10. The van der Waals surface area contributed by atoms with E-state index in [2.05, 4.69) is 24.1 Å². The molecule has 0 saturated carbocycles. The minimum absolute atomic E-state index is 0.0251. The molecule has 1 amide bonds. The zero-order valence-electron chi connectivity index (χ0n) is 18.2. The molecule has 3 rings (SSSR count). The van der Waals surface area contributed by atoms with Gasteiger partial charge in [0, 0.05) is 23.7 Å². The van der Waals surface area contributed by atoms with Crippen molar-refractivity contribution >= 4 is 16.9 Å². The molecule has 0 saturated heterocycles. The first-order valence-electron chi connectivity index (χ1n) is 10.7. The number of likely N-dealkylation sites (N-methyl/N-ethyl adjacent to an activating group) is 1. The lowest BCUT2D eigenvalue weighted by Gasteiger charge is -2.23. The second kappa shape index (κ2) is 9.72. The van der Waals surface area contributed by atoms with E-state index in [1.807, 2.05) is 44.2 Å². The Morgan fingerprint density at radius 1 is 1.03 bits per heavy atom. The number of para-hydroxylation sites is 1. The molecule has 5 heteroatoms. The van der Waals surface area contributed by atoms with E-state index < -0.39 is 0 Å². The Balaban J connectivity index is 2.05. The fraction of sp³-hybridized carbons (Fsp3) is 0.360. The molecule has 1 heterocycles. The van der Waals surface area contributed by atoms with Crippen LogP contribution in [-0.4, -0.2) is 36.5 Å². The quantitative estimate of drug-likeness (QED) is 0.599. The van der Waals surface area contributed by atoms with Crippen LogP contribution in [0.15, 0.2) is 57.7 Å². The normalized spacial score (nSPS) is 12.3. The van der Waals surface area contributed by atoms with E-state index in [0.717, 1.165) is 25.2 Å². The largest absolute Gasteiger partial charge is 0.455 e. The fourth-order valence-corrected chi connectivity index (χ4v) is 3.79. The Labute approximate surface area is 177 Å². The van der Waals surface area contributed by atoms with E-state index in [1.165, 1.54) is 0 Å². The van der Waals surface area contributed by atoms with Crippen LogP contribution in [0.2, 0.25) is 0 Å². The van der Waals surface area contributed by atoms with Crippen molar-refractivity contribution in [1.29, 1.82) is 0 Å². The van der Waals surface area contributed by atoms with Gasteiger partial charge in [-0.2, -0.15) is 0 Å². The number of nitrogens with one attached hydrogen (secondary N) is 1. The lowest BCUT2D eigenvalue weighted by atomic mass is 10.0. The highest BCUT2D eigenvalue weighted by atomic mass is 16.3. The third kappa shape index (κ3) is 4.46. The van der Waals surface area contributed by atoms with Gasteiger partial charge in [0.1, 0.15) is 5.76 Å². The van der Waals surface area contributed by atoms with E-state index >= 15 is 0 Å². The first-order chi connectivity index (χ1) is 14.5. The first kappa shape index (κ1) is 21.8. The van der Waals surface area contributed by atoms with Crippen molar-refractivity contribution in [3.8, 4) is 11.3 Å². The molecule has 3 aromatic rings. The molecule has 158 valence electrons. The zero-order chi connectivity index (χ0) is 21.7. The maximum absolute atomic E-state index is 13.2. The van der Waals surface area contributed by atoms with Gasteiger partial charge in [-0.05, 0) is 38.6 Å². The minimum atomic E-state index is -0.230. The maximum Gasteiger partial charge on any atom is 0.255 e. The van der Waals surface area contributed by atoms with Crippen molar-refractivity contribution < 1.29 is 9.21 Å². The van der Waals surface area contributed by atoms with Crippen molar-refractivity contribution in [3.63, 3.8) is 0 Å². The van der Waals surface area contributed by atoms with Gasteiger partial charge in [0.25, 0.3) is 5.91 Å². The van der Waals surface area contributed by atoms with Crippen LogP contribution in [-0.2, 0) is 6.42 Å². The summed E-state index contributed by atoms with van der Waals surface area (Å²) in [4.78, 5) is 28.5. The summed E-state index contributed by atoms with van der Waals surface area (Å²) in [6.07, 6.45) is 0.555. The van der Waals surface area contributed by atoms with Crippen LogP contribution < -0.4 is 10.7 Å². The second-order valence-electron chi connectivity index (χ2n) is 7.50. The second-order valence-corrected chi connectivity index (χ2v) is 7.50. The van der Waals surface area contributed by atoms with Gasteiger partial charge in [0.15, 0.2) is 11.0 Å². The molecule has 1 aromatic heterocycles. The van der Waals surface area contributed by atoms with Crippen LogP contribution in [0.5, 0.6) is 0 Å². The number of benzene rings is 2. The number of carbonyl (C=O) groups excluding carboxylic acids is 1. The Morgan fingerprint density at radius 3 is 2.37 bits per heavy atom. The van der Waals surface area contributed by atoms with E-state index in [0.29, 0.717) is 34.3 Å². The zero-order valence-corrected chi connectivity index (χ0v) is 18.2. The van der Waals surface area contributed by atoms with Crippen molar-refractivity contribution in [2.45, 2.75) is 40.2 Å². The molecule has 0 spiro atoms. The highest BCUT2D eigenvalue weighted by Crippen LogP contribution is 2.28. The number of nitrogens with zero attached hydrogens (tertiary/aromatic N) is 1. The number of fused-ring (bicyclic) bond motifs is 1. The molecule has 0 aliphatic heterocycles. The van der Waals surface area contributed by atoms with Gasteiger partial charge >= 0.3 is 0 Å². The number of hydrogen-bond donors (Lipinski definition) is 1. The first-order valence-corrected chi connectivity index (χ1v) is 10.7. The third-order valence-electron chi connectivity index (χ3n) is 5.45. The van der Waals surface area contributed by atoms with E-state index in [4.69, 9.17) is 4.42 Å². The number of amides is 1. The summed E-state index contributed by atoms with van der Waals surface area (Å²) in [5, 5.41) is 3.49. The molecule has 2 aromatic carbocycles. The van der Waals surface area contributed by atoms with E-state index in [9.17, 15) is 9.59 Å².